The van der Waals surface area contributed by atoms with E-state index in [1.54, 1.807) is 7.11 Å². The Balaban J connectivity index is 2.10. The number of hydrogen-bond donors (Lipinski definition) is 2. The number of unbranched alkanes of at least 4 members (excludes halogenated alkanes) is 1. The highest BCUT2D eigenvalue weighted by Crippen LogP contribution is 2.27. The molecule has 0 aliphatic heterocycles. The second-order valence-corrected chi connectivity index (χ2v) is 5.01. The molecule has 1 saturated carbocycles. The van der Waals surface area contributed by atoms with Gasteiger partial charge in [-0.05, 0) is 25.7 Å². The van der Waals surface area contributed by atoms with Gasteiger partial charge in [0, 0.05) is 26.7 Å². The van der Waals surface area contributed by atoms with Crippen LogP contribution in [-0.2, 0) is 9.53 Å². The maximum atomic E-state index is 11.5. The van der Waals surface area contributed by atoms with E-state index in [-0.39, 0.29) is 5.91 Å². The smallest absolute Gasteiger partial charge is 0.220 e. The van der Waals surface area contributed by atoms with Crippen molar-refractivity contribution >= 4 is 5.91 Å². The molecule has 0 aromatic heterocycles. The van der Waals surface area contributed by atoms with Gasteiger partial charge in [0.15, 0.2) is 0 Å². The summed E-state index contributed by atoms with van der Waals surface area (Å²) < 4.78 is 4.92. The van der Waals surface area contributed by atoms with Crippen LogP contribution in [0.15, 0.2) is 0 Å². The summed E-state index contributed by atoms with van der Waals surface area (Å²) in [5.74, 6) is 0.0418. The number of amides is 1. The van der Waals surface area contributed by atoms with Crippen molar-refractivity contribution in [2.45, 2.75) is 57.0 Å². The summed E-state index contributed by atoms with van der Waals surface area (Å²) in [7, 11) is 1.67. The van der Waals surface area contributed by atoms with Gasteiger partial charge >= 0.3 is 0 Å². The molecule has 1 amide bonds. The zero-order valence-corrected chi connectivity index (χ0v) is 10.8. The van der Waals surface area contributed by atoms with Crippen molar-refractivity contribution in [3.8, 4) is 0 Å². The van der Waals surface area contributed by atoms with Crippen LogP contribution in [0.2, 0.25) is 0 Å². The van der Waals surface area contributed by atoms with E-state index in [1.165, 1.54) is 6.42 Å². The molecule has 0 bridgehead atoms. The van der Waals surface area contributed by atoms with E-state index < -0.39 is 5.60 Å². The van der Waals surface area contributed by atoms with Crippen LogP contribution in [0.4, 0.5) is 0 Å². The maximum absolute atomic E-state index is 11.5. The number of ether oxygens (including phenoxy) is 1. The third kappa shape index (κ3) is 6.03. The number of methoxy groups -OCH3 is 1. The molecular formula is C13H25NO3. The first kappa shape index (κ1) is 14.5. The van der Waals surface area contributed by atoms with Gasteiger partial charge in [0.05, 0.1) is 5.60 Å². The van der Waals surface area contributed by atoms with E-state index in [4.69, 9.17) is 4.74 Å². The van der Waals surface area contributed by atoms with Crippen LogP contribution in [0.5, 0.6) is 0 Å². The lowest BCUT2D eigenvalue weighted by Gasteiger charge is -2.32. The fraction of sp³-hybridized carbons (Fsp3) is 0.923. The lowest BCUT2D eigenvalue weighted by molar-refractivity contribution is -0.122. The van der Waals surface area contributed by atoms with Gasteiger partial charge in [-0.25, -0.2) is 0 Å². The second kappa shape index (κ2) is 7.67. The molecule has 1 aliphatic carbocycles. The Labute approximate surface area is 104 Å². The van der Waals surface area contributed by atoms with Gasteiger partial charge in [-0.1, -0.05) is 19.3 Å². The van der Waals surface area contributed by atoms with E-state index in [2.05, 4.69) is 5.32 Å². The van der Waals surface area contributed by atoms with Crippen molar-refractivity contribution in [1.29, 1.82) is 0 Å². The summed E-state index contributed by atoms with van der Waals surface area (Å²) in [6.07, 6.45) is 7.26. The van der Waals surface area contributed by atoms with Gasteiger partial charge in [0.25, 0.3) is 0 Å². The number of rotatable bonds is 7. The average molecular weight is 243 g/mol. The first-order valence-electron chi connectivity index (χ1n) is 6.64. The topological polar surface area (TPSA) is 58.6 Å². The SMILES string of the molecule is COCCCCC(=O)NCC1(O)CCCCC1. The third-order valence-corrected chi connectivity index (χ3v) is 3.40. The van der Waals surface area contributed by atoms with Crippen molar-refractivity contribution in [1.82, 2.24) is 5.32 Å². The minimum Gasteiger partial charge on any atom is -0.388 e. The molecule has 1 fully saturated rings. The Morgan fingerprint density at radius 2 is 2.00 bits per heavy atom. The summed E-state index contributed by atoms with van der Waals surface area (Å²) >= 11 is 0. The van der Waals surface area contributed by atoms with Gasteiger partial charge < -0.3 is 15.2 Å². The summed E-state index contributed by atoms with van der Waals surface area (Å²) in [5.41, 5.74) is -0.652. The van der Waals surface area contributed by atoms with Crippen molar-refractivity contribution in [3.05, 3.63) is 0 Å². The minimum absolute atomic E-state index is 0.0418. The van der Waals surface area contributed by atoms with Crippen LogP contribution in [0.25, 0.3) is 0 Å². The highest BCUT2D eigenvalue weighted by atomic mass is 16.5. The molecule has 0 heterocycles. The largest absolute Gasteiger partial charge is 0.388 e. The van der Waals surface area contributed by atoms with E-state index in [1.807, 2.05) is 0 Å². The Morgan fingerprint density at radius 3 is 2.65 bits per heavy atom. The number of carbonyl (C=O) groups is 1. The number of carbonyl (C=O) groups excluding carboxylic acids is 1. The fourth-order valence-corrected chi connectivity index (χ4v) is 2.27. The van der Waals surface area contributed by atoms with Crippen LogP contribution in [0, 0.1) is 0 Å². The van der Waals surface area contributed by atoms with Crippen molar-refractivity contribution < 1.29 is 14.6 Å². The number of hydrogen-bond acceptors (Lipinski definition) is 3. The normalized spacial score (nSPS) is 18.9. The van der Waals surface area contributed by atoms with Crippen LogP contribution in [0.1, 0.15) is 51.4 Å². The summed E-state index contributed by atoms with van der Waals surface area (Å²) in [6.45, 7) is 1.12. The van der Waals surface area contributed by atoms with Gasteiger partial charge in [-0.2, -0.15) is 0 Å². The van der Waals surface area contributed by atoms with Gasteiger partial charge in [0.2, 0.25) is 5.91 Å². The van der Waals surface area contributed by atoms with Crippen LogP contribution in [-0.4, -0.2) is 36.9 Å². The molecule has 0 aromatic carbocycles. The predicted octanol–water partition coefficient (Wildman–Crippen LogP) is 1.61. The van der Waals surface area contributed by atoms with Crippen LogP contribution >= 0.6 is 0 Å². The molecule has 100 valence electrons. The first-order valence-corrected chi connectivity index (χ1v) is 6.64. The second-order valence-electron chi connectivity index (χ2n) is 5.01. The molecule has 1 rings (SSSR count). The highest BCUT2D eigenvalue weighted by molar-refractivity contribution is 5.75. The molecule has 17 heavy (non-hydrogen) atoms. The van der Waals surface area contributed by atoms with Gasteiger partial charge in [-0.3, -0.25) is 4.79 Å². The van der Waals surface area contributed by atoms with Crippen molar-refractivity contribution in [3.63, 3.8) is 0 Å². The Morgan fingerprint density at radius 1 is 1.29 bits per heavy atom. The standard InChI is InChI=1S/C13H25NO3/c1-17-10-6-3-7-12(15)14-11-13(16)8-4-2-5-9-13/h16H,2-11H2,1H3,(H,14,15). The molecule has 2 N–H and O–H groups in total. The first-order chi connectivity index (χ1) is 8.16. The lowest BCUT2D eigenvalue weighted by Crippen LogP contribution is -2.44. The van der Waals surface area contributed by atoms with Crippen LogP contribution in [0.3, 0.4) is 0 Å². The quantitative estimate of drug-likeness (QED) is 0.668. The van der Waals surface area contributed by atoms with Gasteiger partial charge in [-0.15, -0.1) is 0 Å². The molecule has 0 unspecified atom stereocenters. The molecule has 1 aliphatic rings. The average Bonchev–Trinajstić information content (AvgIpc) is 2.33. The number of nitrogens with one attached hydrogen (secondary N) is 1. The van der Waals surface area contributed by atoms with E-state index >= 15 is 0 Å². The predicted molar refractivity (Wildman–Crippen MR) is 66.8 cm³/mol. The summed E-state index contributed by atoms with van der Waals surface area (Å²) in [5, 5.41) is 13.0. The Kier molecular flexibility index (Phi) is 6.52. The lowest BCUT2D eigenvalue weighted by atomic mass is 9.85. The molecule has 0 radical (unpaired) electrons. The molecule has 4 heteroatoms. The highest BCUT2D eigenvalue weighted by Gasteiger charge is 2.29. The van der Waals surface area contributed by atoms with E-state index in [0.29, 0.717) is 19.6 Å². The third-order valence-electron chi connectivity index (χ3n) is 3.40. The zero-order valence-electron chi connectivity index (χ0n) is 10.8. The summed E-state index contributed by atoms with van der Waals surface area (Å²) in [4.78, 5) is 11.5. The van der Waals surface area contributed by atoms with E-state index in [0.717, 1.165) is 38.5 Å². The Bertz CT molecular complexity index is 225. The fourth-order valence-electron chi connectivity index (χ4n) is 2.27. The molecule has 0 atom stereocenters. The van der Waals surface area contributed by atoms with E-state index in [9.17, 15) is 9.90 Å². The monoisotopic (exact) mass is 243 g/mol. The maximum Gasteiger partial charge on any atom is 0.220 e. The Hall–Kier alpha value is -0.610. The minimum atomic E-state index is -0.652. The molecule has 0 spiro atoms. The van der Waals surface area contributed by atoms with Gasteiger partial charge in [0.1, 0.15) is 0 Å². The summed E-state index contributed by atoms with van der Waals surface area (Å²) in [6, 6.07) is 0. The van der Waals surface area contributed by atoms with Crippen LogP contribution < -0.4 is 5.32 Å². The molecule has 0 saturated heterocycles. The zero-order chi connectivity index (χ0) is 12.6. The molecule has 4 nitrogen and oxygen atoms in total. The molecular weight excluding hydrogens is 218 g/mol. The van der Waals surface area contributed by atoms with Crippen molar-refractivity contribution in [2.24, 2.45) is 0 Å². The molecule has 0 aromatic rings. The number of aliphatic hydroxyl groups is 1. The van der Waals surface area contributed by atoms with Crippen molar-refractivity contribution in [2.75, 3.05) is 20.3 Å².